The predicted molar refractivity (Wildman–Crippen MR) is 74.0 cm³/mol. The van der Waals surface area contributed by atoms with Gasteiger partial charge in [-0.25, -0.2) is 0 Å². The molecule has 0 saturated carbocycles. The lowest BCUT2D eigenvalue weighted by atomic mass is 10.2. The number of nitro groups is 1. The van der Waals surface area contributed by atoms with E-state index in [1.807, 2.05) is 36.4 Å². The molecule has 102 valence electrons. The Balaban J connectivity index is 2.03. The van der Waals surface area contributed by atoms with Crippen molar-refractivity contribution in [3.05, 3.63) is 76.1 Å². The highest BCUT2D eigenvalue weighted by Gasteiger charge is 2.20. The number of rotatable bonds is 5. The molecule has 0 atom stereocenters. The summed E-state index contributed by atoms with van der Waals surface area (Å²) in [4.78, 5) is 9.98. The van der Waals surface area contributed by atoms with Crippen LogP contribution in [0.1, 0.15) is 5.56 Å². The molecular weight excluding hydrogens is 261 g/mol. The molecule has 0 aliphatic rings. The Bertz CT molecular complexity index is 626. The molecule has 0 aromatic heterocycles. The zero-order valence-electron chi connectivity index (χ0n) is 10.5. The number of ether oxygens (including phenoxy) is 1. The van der Waals surface area contributed by atoms with E-state index >= 15 is 0 Å². The van der Waals surface area contributed by atoms with Crippen LogP contribution < -0.4 is 4.74 Å². The molecule has 2 aromatic carbocycles. The van der Waals surface area contributed by atoms with Crippen LogP contribution in [-0.2, 0) is 0 Å². The molecule has 0 N–H and O–H groups in total. The van der Waals surface area contributed by atoms with Crippen LogP contribution in [0.4, 0.5) is 10.1 Å². The Morgan fingerprint density at radius 2 is 1.90 bits per heavy atom. The van der Waals surface area contributed by atoms with Crippen LogP contribution in [0, 0.1) is 15.9 Å². The van der Waals surface area contributed by atoms with Gasteiger partial charge in [0.05, 0.1) is 4.92 Å². The van der Waals surface area contributed by atoms with Crippen LogP contribution in [0.2, 0.25) is 0 Å². The van der Waals surface area contributed by atoms with E-state index in [-0.39, 0.29) is 12.4 Å². The first-order valence-corrected chi connectivity index (χ1v) is 5.96. The minimum absolute atomic E-state index is 0.0762. The monoisotopic (exact) mass is 273 g/mol. The molecular formula is C15H12FNO3. The zero-order valence-corrected chi connectivity index (χ0v) is 10.5. The van der Waals surface area contributed by atoms with E-state index in [2.05, 4.69) is 0 Å². The smallest absolute Gasteiger partial charge is 0.346 e. The topological polar surface area (TPSA) is 52.4 Å². The Labute approximate surface area is 115 Å². The van der Waals surface area contributed by atoms with Crippen molar-refractivity contribution in [2.45, 2.75) is 0 Å². The standard InChI is InChI=1S/C15H12FNO3/c16-13-9-4-10-14(15(13)17(18)19)20-11-5-8-12-6-2-1-3-7-12/h1-10H,11H2. The molecule has 0 spiro atoms. The Morgan fingerprint density at radius 1 is 1.15 bits per heavy atom. The summed E-state index contributed by atoms with van der Waals surface area (Å²) in [7, 11) is 0. The average Bonchev–Trinajstić information content (AvgIpc) is 2.44. The number of benzene rings is 2. The molecule has 2 rings (SSSR count). The fraction of sp³-hybridized carbons (Fsp3) is 0.0667. The summed E-state index contributed by atoms with van der Waals surface area (Å²) in [5.74, 6) is -0.979. The van der Waals surface area contributed by atoms with Crippen LogP contribution in [-0.4, -0.2) is 11.5 Å². The van der Waals surface area contributed by atoms with E-state index in [0.717, 1.165) is 11.6 Å². The van der Waals surface area contributed by atoms with Crippen molar-refractivity contribution in [1.82, 2.24) is 0 Å². The van der Waals surface area contributed by atoms with E-state index in [1.54, 1.807) is 6.08 Å². The summed E-state index contributed by atoms with van der Waals surface area (Å²) in [6.45, 7) is 0.124. The summed E-state index contributed by atoms with van der Waals surface area (Å²) in [5.41, 5.74) is 0.352. The minimum atomic E-state index is -0.903. The summed E-state index contributed by atoms with van der Waals surface area (Å²) < 4.78 is 18.6. The number of halogens is 1. The van der Waals surface area contributed by atoms with Crippen molar-refractivity contribution in [2.75, 3.05) is 6.61 Å². The normalized spacial score (nSPS) is 10.7. The van der Waals surface area contributed by atoms with E-state index in [4.69, 9.17) is 4.74 Å². The highest BCUT2D eigenvalue weighted by molar-refractivity contribution is 5.50. The van der Waals surface area contributed by atoms with Gasteiger partial charge >= 0.3 is 5.69 Å². The van der Waals surface area contributed by atoms with Crippen molar-refractivity contribution in [2.24, 2.45) is 0 Å². The van der Waals surface area contributed by atoms with E-state index < -0.39 is 16.4 Å². The molecule has 0 amide bonds. The molecule has 5 heteroatoms. The molecule has 0 fully saturated rings. The van der Waals surface area contributed by atoms with Crippen LogP contribution in [0.25, 0.3) is 6.08 Å². The molecule has 0 unspecified atom stereocenters. The van der Waals surface area contributed by atoms with Gasteiger partial charge in [0.2, 0.25) is 11.6 Å². The first-order chi connectivity index (χ1) is 9.68. The molecule has 4 nitrogen and oxygen atoms in total. The molecule has 20 heavy (non-hydrogen) atoms. The van der Waals surface area contributed by atoms with Gasteiger partial charge in [0, 0.05) is 0 Å². The van der Waals surface area contributed by atoms with Gasteiger partial charge in [0.15, 0.2) is 0 Å². The van der Waals surface area contributed by atoms with Gasteiger partial charge in [-0.15, -0.1) is 0 Å². The fourth-order valence-corrected chi connectivity index (χ4v) is 1.68. The van der Waals surface area contributed by atoms with Crippen molar-refractivity contribution in [3.8, 4) is 5.75 Å². The molecule has 0 radical (unpaired) electrons. The number of hydrogen-bond acceptors (Lipinski definition) is 3. The summed E-state index contributed by atoms with van der Waals surface area (Å²) in [6, 6.07) is 13.3. The summed E-state index contributed by atoms with van der Waals surface area (Å²) >= 11 is 0. The van der Waals surface area contributed by atoms with Gasteiger partial charge in [0.1, 0.15) is 6.61 Å². The molecule has 0 saturated heterocycles. The van der Waals surface area contributed by atoms with Gasteiger partial charge in [-0.3, -0.25) is 10.1 Å². The van der Waals surface area contributed by atoms with Gasteiger partial charge in [-0.2, -0.15) is 4.39 Å². The molecule has 0 aliphatic heterocycles. The largest absolute Gasteiger partial charge is 0.482 e. The van der Waals surface area contributed by atoms with Gasteiger partial charge < -0.3 is 4.74 Å². The van der Waals surface area contributed by atoms with Gasteiger partial charge in [-0.05, 0) is 23.8 Å². The van der Waals surface area contributed by atoms with E-state index in [1.165, 1.54) is 12.1 Å². The number of para-hydroxylation sites is 1. The number of hydrogen-bond donors (Lipinski definition) is 0. The average molecular weight is 273 g/mol. The van der Waals surface area contributed by atoms with Crippen molar-refractivity contribution in [1.29, 1.82) is 0 Å². The van der Waals surface area contributed by atoms with E-state index in [9.17, 15) is 14.5 Å². The zero-order chi connectivity index (χ0) is 14.4. The molecule has 0 aliphatic carbocycles. The van der Waals surface area contributed by atoms with Crippen LogP contribution in [0.5, 0.6) is 5.75 Å². The third-order valence-corrected chi connectivity index (χ3v) is 2.58. The number of nitro benzene ring substituents is 1. The van der Waals surface area contributed by atoms with Crippen LogP contribution in [0.3, 0.4) is 0 Å². The molecule has 0 heterocycles. The third kappa shape index (κ3) is 3.41. The SMILES string of the molecule is O=[N+]([O-])c1c(F)cccc1OCC=Cc1ccccc1. The Hall–Kier alpha value is -2.69. The number of nitrogens with zero attached hydrogens (tertiary/aromatic N) is 1. The van der Waals surface area contributed by atoms with Gasteiger partial charge in [0.25, 0.3) is 0 Å². The summed E-state index contributed by atoms with van der Waals surface area (Å²) in [6.07, 6.45) is 3.54. The van der Waals surface area contributed by atoms with Crippen LogP contribution >= 0.6 is 0 Å². The van der Waals surface area contributed by atoms with E-state index in [0.29, 0.717) is 0 Å². The first-order valence-electron chi connectivity index (χ1n) is 5.96. The second-order valence-electron chi connectivity index (χ2n) is 3.97. The maximum absolute atomic E-state index is 13.3. The predicted octanol–water partition coefficient (Wildman–Crippen LogP) is 3.83. The lowest BCUT2D eigenvalue weighted by Crippen LogP contribution is -2.00. The lowest BCUT2D eigenvalue weighted by Gasteiger charge is -2.04. The first kappa shape index (κ1) is 13.7. The van der Waals surface area contributed by atoms with Crippen molar-refractivity contribution in [3.63, 3.8) is 0 Å². The molecule has 0 bridgehead atoms. The van der Waals surface area contributed by atoms with Crippen LogP contribution in [0.15, 0.2) is 54.6 Å². The minimum Gasteiger partial charge on any atom is -0.482 e. The highest BCUT2D eigenvalue weighted by Crippen LogP contribution is 2.29. The fourth-order valence-electron chi connectivity index (χ4n) is 1.68. The summed E-state index contributed by atoms with van der Waals surface area (Å²) in [5, 5.41) is 10.8. The van der Waals surface area contributed by atoms with Crippen molar-refractivity contribution < 1.29 is 14.1 Å². The maximum atomic E-state index is 13.3. The Morgan fingerprint density at radius 3 is 2.60 bits per heavy atom. The van der Waals surface area contributed by atoms with Gasteiger partial charge in [-0.1, -0.05) is 42.5 Å². The quantitative estimate of drug-likeness (QED) is 0.614. The maximum Gasteiger partial charge on any atom is 0.346 e. The second kappa shape index (κ2) is 6.47. The van der Waals surface area contributed by atoms with Crippen molar-refractivity contribution >= 4 is 11.8 Å². The third-order valence-electron chi connectivity index (χ3n) is 2.58. The highest BCUT2D eigenvalue weighted by atomic mass is 19.1. The second-order valence-corrected chi connectivity index (χ2v) is 3.97. The lowest BCUT2D eigenvalue weighted by molar-refractivity contribution is -0.388. The molecule has 2 aromatic rings. The Kier molecular flexibility index (Phi) is 4.44.